The van der Waals surface area contributed by atoms with Gasteiger partial charge in [-0.3, -0.25) is 9.69 Å². The Morgan fingerprint density at radius 1 is 1.07 bits per heavy atom. The molecule has 2 heterocycles. The summed E-state index contributed by atoms with van der Waals surface area (Å²) in [6.07, 6.45) is 4.11. The van der Waals surface area contributed by atoms with Crippen molar-refractivity contribution in [1.29, 1.82) is 0 Å². The molecule has 0 fully saturated rings. The van der Waals surface area contributed by atoms with E-state index in [2.05, 4.69) is 16.5 Å². The van der Waals surface area contributed by atoms with Crippen molar-refractivity contribution in [2.75, 3.05) is 11.4 Å². The SMILES string of the molecule is C=CCN(C(=O)CCc1ncc(-c2ccccc2)o1)c1nc(-c2ccccc2)cs1. The van der Waals surface area contributed by atoms with Crippen LogP contribution in [0.3, 0.4) is 0 Å². The van der Waals surface area contributed by atoms with Gasteiger partial charge in [0.05, 0.1) is 11.9 Å². The van der Waals surface area contributed by atoms with Crippen LogP contribution in [0.1, 0.15) is 12.3 Å². The van der Waals surface area contributed by atoms with Crippen LogP contribution in [0.15, 0.2) is 89.3 Å². The van der Waals surface area contributed by atoms with Crippen molar-refractivity contribution in [3.05, 3.63) is 90.8 Å². The standard InChI is InChI=1S/C24H21N3O2S/c1-2-15-27(24-26-20(17-30-24)18-9-5-3-6-10-18)23(28)14-13-22-25-16-21(29-22)19-11-7-4-8-12-19/h2-12,16-17H,1,13-15H2. The zero-order valence-corrected chi connectivity index (χ0v) is 17.2. The van der Waals surface area contributed by atoms with Crippen molar-refractivity contribution in [2.45, 2.75) is 12.8 Å². The number of rotatable bonds is 8. The fourth-order valence-corrected chi connectivity index (χ4v) is 3.92. The van der Waals surface area contributed by atoms with Crippen LogP contribution >= 0.6 is 11.3 Å². The fraction of sp³-hybridized carbons (Fsp3) is 0.125. The Morgan fingerprint density at radius 2 is 1.77 bits per heavy atom. The van der Waals surface area contributed by atoms with E-state index < -0.39 is 0 Å². The number of aryl methyl sites for hydroxylation is 1. The van der Waals surface area contributed by atoms with E-state index in [1.807, 2.05) is 66.0 Å². The molecule has 0 saturated carbocycles. The number of hydrogen-bond donors (Lipinski definition) is 0. The minimum atomic E-state index is -0.0386. The maximum absolute atomic E-state index is 12.9. The summed E-state index contributed by atoms with van der Waals surface area (Å²) in [6.45, 7) is 4.18. The monoisotopic (exact) mass is 415 g/mol. The molecular formula is C24H21N3O2S. The molecule has 2 aromatic carbocycles. The largest absolute Gasteiger partial charge is 0.441 e. The highest BCUT2D eigenvalue weighted by molar-refractivity contribution is 7.14. The third kappa shape index (κ3) is 4.55. The van der Waals surface area contributed by atoms with Crippen molar-refractivity contribution in [3.63, 3.8) is 0 Å². The Balaban J connectivity index is 1.44. The summed E-state index contributed by atoms with van der Waals surface area (Å²) in [6, 6.07) is 19.7. The van der Waals surface area contributed by atoms with Crippen LogP contribution in [-0.4, -0.2) is 22.4 Å². The molecule has 0 aliphatic carbocycles. The lowest BCUT2D eigenvalue weighted by atomic mass is 10.2. The van der Waals surface area contributed by atoms with Crippen LogP contribution < -0.4 is 4.90 Å². The number of nitrogens with zero attached hydrogens (tertiary/aromatic N) is 3. The minimum absolute atomic E-state index is 0.0386. The highest BCUT2D eigenvalue weighted by Gasteiger charge is 2.19. The van der Waals surface area contributed by atoms with Gasteiger partial charge >= 0.3 is 0 Å². The number of anilines is 1. The second-order valence-electron chi connectivity index (χ2n) is 6.66. The van der Waals surface area contributed by atoms with Crippen molar-refractivity contribution >= 4 is 22.4 Å². The van der Waals surface area contributed by atoms with Gasteiger partial charge in [-0.25, -0.2) is 9.97 Å². The Kier molecular flexibility index (Phi) is 6.15. The molecule has 0 saturated heterocycles. The van der Waals surface area contributed by atoms with E-state index in [0.29, 0.717) is 29.7 Å². The van der Waals surface area contributed by atoms with Crippen LogP contribution in [-0.2, 0) is 11.2 Å². The third-order valence-corrected chi connectivity index (χ3v) is 5.43. The van der Waals surface area contributed by atoms with E-state index in [-0.39, 0.29) is 12.3 Å². The maximum Gasteiger partial charge on any atom is 0.229 e. The molecular weight excluding hydrogens is 394 g/mol. The zero-order valence-electron chi connectivity index (χ0n) is 16.4. The summed E-state index contributed by atoms with van der Waals surface area (Å²) in [5.41, 5.74) is 2.85. The van der Waals surface area contributed by atoms with Crippen LogP contribution in [0.5, 0.6) is 0 Å². The number of aromatic nitrogens is 2. The van der Waals surface area contributed by atoms with Crippen molar-refractivity contribution in [2.24, 2.45) is 0 Å². The van der Waals surface area contributed by atoms with Crippen LogP contribution in [0.2, 0.25) is 0 Å². The van der Waals surface area contributed by atoms with Gasteiger partial charge in [-0.05, 0) is 0 Å². The number of oxazole rings is 1. The first-order chi connectivity index (χ1) is 14.7. The number of carbonyl (C=O) groups is 1. The van der Waals surface area contributed by atoms with E-state index >= 15 is 0 Å². The predicted octanol–water partition coefficient (Wildman–Crippen LogP) is 5.62. The van der Waals surface area contributed by atoms with E-state index in [0.717, 1.165) is 16.8 Å². The van der Waals surface area contributed by atoms with Gasteiger partial charge in [0.25, 0.3) is 0 Å². The normalized spacial score (nSPS) is 10.7. The maximum atomic E-state index is 12.9. The minimum Gasteiger partial charge on any atom is -0.441 e. The molecule has 2 aromatic heterocycles. The molecule has 4 rings (SSSR count). The molecule has 0 radical (unpaired) electrons. The molecule has 1 amide bonds. The molecule has 6 heteroatoms. The zero-order chi connectivity index (χ0) is 20.8. The molecule has 0 unspecified atom stereocenters. The Hall–Kier alpha value is -3.51. The molecule has 0 aliphatic heterocycles. The first kappa shape index (κ1) is 19.8. The van der Waals surface area contributed by atoms with Gasteiger partial charge in [0.15, 0.2) is 16.8 Å². The van der Waals surface area contributed by atoms with Gasteiger partial charge in [-0.2, -0.15) is 0 Å². The quantitative estimate of drug-likeness (QED) is 0.351. The third-order valence-electron chi connectivity index (χ3n) is 4.57. The lowest BCUT2D eigenvalue weighted by Gasteiger charge is -2.17. The average molecular weight is 416 g/mol. The topological polar surface area (TPSA) is 59.2 Å². The lowest BCUT2D eigenvalue weighted by molar-refractivity contribution is -0.118. The first-order valence-corrected chi connectivity index (χ1v) is 10.5. The van der Waals surface area contributed by atoms with Crippen LogP contribution in [0.25, 0.3) is 22.6 Å². The molecule has 0 N–H and O–H groups in total. The van der Waals surface area contributed by atoms with E-state index in [9.17, 15) is 4.79 Å². The number of carbonyl (C=O) groups excluding carboxylic acids is 1. The van der Waals surface area contributed by atoms with Crippen LogP contribution in [0.4, 0.5) is 5.13 Å². The summed E-state index contributed by atoms with van der Waals surface area (Å²) in [7, 11) is 0. The number of hydrogen-bond acceptors (Lipinski definition) is 5. The summed E-state index contributed by atoms with van der Waals surface area (Å²) in [5, 5.41) is 2.63. The molecule has 0 aliphatic rings. The van der Waals surface area contributed by atoms with Gasteiger partial charge in [-0.15, -0.1) is 17.9 Å². The molecule has 0 bridgehead atoms. The molecule has 0 spiro atoms. The Labute approximate surface area is 179 Å². The van der Waals surface area contributed by atoms with E-state index in [4.69, 9.17) is 4.42 Å². The second kappa shape index (κ2) is 9.33. The van der Waals surface area contributed by atoms with Gasteiger partial charge in [0.1, 0.15) is 0 Å². The Bertz CT molecular complexity index is 1120. The smallest absolute Gasteiger partial charge is 0.229 e. The van der Waals surface area contributed by atoms with Gasteiger partial charge < -0.3 is 4.42 Å². The highest BCUT2D eigenvalue weighted by atomic mass is 32.1. The molecule has 0 atom stereocenters. The first-order valence-electron chi connectivity index (χ1n) is 9.67. The van der Waals surface area contributed by atoms with Gasteiger partial charge in [0, 0.05) is 35.9 Å². The fourth-order valence-electron chi connectivity index (χ4n) is 3.06. The van der Waals surface area contributed by atoms with Gasteiger partial charge in [0.2, 0.25) is 5.91 Å². The highest BCUT2D eigenvalue weighted by Crippen LogP contribution is 2.28. The lowest BCUT2D eigenvalue weighted by Crippen LogP contribution is -2.31. The summed E-state index contributed by atoms with van der Waals surface area (Å²) in [5.74, 6) is 1.21. The second-order valence-corrected chi connectivity index (χ2v) is 7.50. The van der Waals surface area contributed by atoms with Crippen molar-refractivity contribution in [1.82, 2.24) is 9.97 Å². The van der Waals surface area contributed by atoms with E-state index in [1.54, 1.807) is 17.2 Å². The Morgan fingerprint density at radius 3 is 2.47 bits per heavy atom. The average Bonchev–Trinajstić information content (AvgIpc) is 3.47. The van der Waals surface area contributed by atoms with Crippen molar-refractivity contribution in [3.8, 4) is 22.6 Å². The molecule has 150 valence electrons. The van der Waals surface area contributed by atoms with Crippen LogP contribution in [0, 0.1) is 0 Å². The molecule has 4 aromatic rings. The predicted molar refractivity (Wildman–Crippen MR) is 120 cm³/mol. The molecule has 5 nitrogen and oxygen atoms in total. The summed E-state index contributed by atoms with van der Waals surface area (Å²) >= 11 is 1.45. The summed E-state index contributed by atoms with van der Waals surface area (Å²) < 4.78 is 5.81. The number of thiazole rings is 1. The van der Waals surface area contributed by atoms with Crippen molar-refractivity contribution < 1.29 is 9.21 Å². The molecule has 30 heavy (non-hydrogen) atoms. The van der Waals surface area contributed by atoms with E-state index in [1.165, 1.54) is 11.3 Å². The van der Waals surface area contributed by atoms with Gasteiger partial charge in [-0.1, -0.05) is 66.7 Å². The summed E-state index contributed by atoms with van der Waals surface area (Å²) in [4.78, 5) is 23.5. The number of amides is 1. The number of benzene rings is 2.